The van der Waals surface area contributed by atoms with E-state index in [2.05, 4.69) is 33.3 Å². The molecule has 1 aromatic carbocycles. The predicted molar refractivity (Wildman–Crippen MR) is 94.5 cm³/mol. The highest BCUT2D eigenvalue weighted by atomic mass is 32.2. The minimum Gasteiger partial charge on any atom is -0.366 e. The lowest BCUT2D eigenvalue weighted by Crippen LogP contribution is -2.53. The van der Waals surface area contributed by atoms with E-state index in [1.807, 2.05) is 30.9 Å². The number of aliphatic imine (C=N–C) groups is 1. The number of hydrogen-bond acceptors (Lipinski definition) is 3. The molecule has 0 aromatic heterocycles. The highest BCUT2D eigenvalue weighted by molar-refractivity contribution is 7.99. The Morgan fingerprint density at radius 1 is 1.32 bits per heavy atom. The number of piperazine rings is 1. The van der Waals surface area contributed by atoms with Gasteiger partial charge in [0.1, 0.15) is 5.82 Å². The lowest BCUT2D eigenvalue weighted by atomic mass is 10.2. The molecule has 1 heterocycles. The van der Waals surface area contributed by atoms with Gasteiger partial charge in [-0.05, 0) is 18.4 Å². The van der Waals surface area contributed by atoms with Crippen molar-refractivity contribution in [2.24, 2.45) is 4.99 Å². The van der Waals surface area contributed by atoms with Gasteiger partial charge in [-0.1, -0.05) is 19.1 Å². The van der Waals surface area contributed by atoms with Crippen LogP contribution in [0.4, 0.5) is 10.1 Å². The van der Waals surface area contributed by atoms with Crippen LogP contribution in [0.2, 0.25) is 0 Å². The van der Waals surface area contributed by atoms with Gasteiger partial charge in [-0.2, -0.15) is 11.8 Å². The largest absolute Gasteiger partial charge is 0.366 e. The van der Waals surface area contributed by atoms with Crippen molar-refractivity contribution in [2.45, 2.75) is 12.2 Å². The van der Waals surface area contributed by atoms with Crippen molar-refractivity contribution in [1.82, 2.24) is 10.2 Å². The molecule has 0 radical (unpaired) electrons. The molecule has 122 valence electrons. The Bertz CT molecular complexity index is 501. The van der Waals surface area contributed by atoms with E-state index in [0.29, 0.717) is 10.9 Å². The third kappa shape index (κ3) is 4.29. The molecule has 6 heteroatoms. The maximum Gasteiger partial charge on any atom is 0.193 e. The van der Waals surface area contributed by atoms with E-state index in [-0.39, 0.29) is 5.82 Å². The van der Waals surface area contributed by atoms with E-state index in [1.165, 1.54) is 6.07 Å². The second-order valence-electron chi connectivity index (χ2n) is 5.40. The van der Waals surface area contributed by atoms with E-state index in [0.717, 1.165) is 38.7 Å². The standard InChI is InChI=1S/C16H25FN4S/c1-13(22-3)12-19-16(18-2)21-10-8-20(9-11-21)15-7-5-4-6-14(15)17/h4-7,13H,8-12H2,1-3H3,(H,18,19). The zero-order valence-corrected chi connectivity index (χ0v) is 14.4. The highest BCUT2D eigenvalue weighted by Gasteiger charge is 2.21. The van der Waals surface area contributed by atoms with Crippen LogP contribution in [-0.2, 0) is 0 Å². The Balaban J connectivity index is 1.89. The van der Waals surface area contributed by atoms with Gasteiger partial charge in [-0.3, -0.25) is 4.99 Å². The second kappa shape index (κ2) is 8.27. The molecule has 1 saturated heterocycles. The van der Waals surface area contributed by atoms with E-state index < -0.39 is 0 Å². The van der Waals surface area contributed by atoms with Crippen LogP contribution >= 0.6 is 11.8 Å². The van der Waals surface area contributed by atoms with Crippen LogP contribution in [0.1, 0.15) is 6.92 Å². The first kappa shape index (κ1) is 16.9. The average molecular weight is 324 g/mol. The van der Waals surface area contributed by atoms with E-state index in [9.17, 15) is 4.39 Å². The summed E-state index contributed by atoms with van der Waals surface area (Å²) in [6.07, 6.45) is 2.11. The van der Waals surface area contributed by atoms with E-state index in [4.69, 9.17) is 0 Å². The molecule has 0 spiro atoms. The zero-order valence-electron chi connectivity index (χ0n) is 13.6. The van der Waals surface area contributed by atoms with Crippen molar-refractivity contribution in [3.8, 4) is 0 Å². The first-order valence-corrected chi connectivity index (χ1v) is 8.92. The van der Waals surface area contributed by atoms with Crippen LogP contribution in [0.3, 0.4) is 0 Å². The number of thioether (sulfide) groups is 1. The molecular weight excluding hydrogens is 299 g/mol. The highest BCUT2D eigenvalue weighted by Crippen LogP contribution is 2.20. The molecule has 0 aliphatic carbocycles. The summed E-state index contributed by atoms with van der Waals surface area (Å²) in [5, 5.41) is 3.97. The third-order valence-corrected chi connectivity index (χ3v) is 4.91. The van der Waals surface area contributed by atoms with Gasteiger partial charge in [0.05, 0.1) is 5.69 Å². The number of nitrogens with zero attached hydrogens (tertiary/aromatic N) is 3. The maximum absolute atomic E-state index is 13.9. The smallest absolute Gasteiger partial charge is 0.193 e. The van der Waals surface area contributed by atoms with Gasteiger partial charge in [0.25, 0.3) is 0 Å². The number of benzene rings is 1. The summed E-state index contributed by atoms with van der Waals surface area (Å²) in [7, 11) is 1.81. The molecule has 4 nitrogen and oxygen atoms in total. The summed E-state index contributed by atoms with van der Waals surface area (Å²) in [5.74, 6) is 0.793. The fourth-order valence-electron chi connectivity index (χ4n) is 2.52. The molecular formula is C16H25FN4S. The quantitative estimate of drug-likeness (QED) is 0.680. The number of halogens is 1. The van der Waals surface area contributed by atoms with Crippen molar-refractivity contribution < 1.29 is 4.39 Å². The summed E-state index contributed by atoms with van der Waals surface area (Å²) in [6, 6.07) is 6.98. The first-order chi connectivity index (χ1) is 10.7. The minimum absolute atomic E-state index is 0.146. The number of anilines is 1. The van der Waals surface area contributed by atoms with Crippen LogP contribution < -0.4 is 10.2 Å². The Hall–Kier alpha value is -1.43. The third-order valence-electron chi connectivity index (χ3n) is 3.93. The molecule has 1 N–H and O–H groups in total. The molecule has 1 unspecified atom stereocenters. The lowest BCUT2D eigenvalue weighted by Gasteiger charge is -2.38. The summed E-state index contributed by atoms with van der Waals surface area (Å²) < 4.78 is 13.9. The molecule has 1 aliphatic heterocycles. The Labute approximate surface area is 136 Å². The van der Waals surface area contributed by atoms with E-state index >= 15 is 0 Å². The predicted octanol–water partition coefficient (Wildman–Crippen LogP) is 2.27. The molecule has 1 atom stereocenters. The van der Waals surface area contributed by atoms with Gasteiger partial charge in [0.15, 0.2) is 5.96 Å². The molecule has 1 aromatic rings. The van der Waals surface area contributed by atoms with Crippen molar-refractivity contribution in [1.29, 1.82) is 0 Å². The van der Waals surface area contributed by atoms with Gasteiger partial charge in [0.2, 0.25) is 0 Å². The van der Waals surface area contributed by atoms with Crippen LogP contribution in [0.25, 0.3) is 0 Å². The maximum atomic E-state index is 13.9. The zero-order chi connectivity index (χ0) is 15.9. The Morgan fingerprint density at radius 3 is 2.59 bits per heavy atom. The van der Waals surface area contributed by atoms with Crippen LogP contribution in [0, 0.1) is 5.82 Å². The van der Waals surface area contributed by atoms with Gasteiger partial charge in [-0.15, -0.1) is 0 Å². The van der Waals surface area contributed by atoms with Crippen molar-refractivity contribution >= 4 is 23.4 Å². The number of para-hydroxylation sites is 1. The molecule has 2 rings (SSSR count). The van der Waals surface area contributed by atoms with Gasteiger partial charge in [-0.25, -0.2) is 4.39 Å². The van der Waals surface area contributed by atoms with Gasteiger partial charge < -0.3 is 15.1 Å². The fraction of sp³-hybridized carbons (Fsp3) is 0.562. The minimum atomic E-state index is -0.146. The van der Waals surface area contributed by atoms with Gasteiger partial charge >= 0.3 is 0 Å². The summed E-state index contributed by atoms with van der Waals surface area (Å²) in [4.78, 5) is 8.70. The van der Waals surface area contributed by atoms with Crippen LogP contribution in [-0.4, -0.2) is 62.1 Å². The van der Waals surface area contributed by atoms with Crippen molar-refractivity contribution in [2.75, 3.05) is 50.9 Å². The topological polar surface area (TPSA) is 30.9 Å². The summed E-state index contributed by atoms with van der Waals surface area (Å²) in [5.41, 5.74) is 0.695. The lowest BCUT2D eigenvalue weighted by molar-refractivity contribution is 0.371. The number of guanidine groups is 1. The average Bonchev–Trinajstić information content (AvgIpc) is 2.56. The van der Waals surface area contributed by atoms with E-state index in [1.54, 1.807) is 6.07 Å². The molecule has 0 saturated carbocycles. The number of hydrogen-bond donors (Lipinski definition) is 1. The van der Waals surface area contributed by atoms with Crippen molar-refractivity contribution in [3.05, 3.63) is 30.1 Å². The SMILES string of the molecule is CN=C(NCC(C)SC)N1CCN(c2ccccc2F)CC1. The number of rotatable bonds is 4. The summed E-state index contributed by atoms with van der Waals surface area (Å²) >= 11 is 1.84. The molecule has 22 heavy (non-hydrogen) atoms. The Morgan fingerprint density at radius 2 is 2.00 bits per heavy atom. The van der Waals surface area contributed by atoms with Gasteiger partial charge in [0, 0.05) is 45.0 Å². The Kier molecular flexibility index (Phi) is 6.36. The monoisotopic (exact) mass is 324 g/mol. The number of nitrogens with one attached hydrogen (secondary N) is 1. The van der Waals surface area contributed by atoms with Crippen molar-refractivity contribution in [3.63, 3.8) is 0 Å². The molecule has 1 aliphatic rings. The van der Waals surface area contributed by atoms with Crippen LogP contribution in [0.5, 0.6) is 0 Å². The normalized spacial score (nSPS) is 17.5. The molecule has 0 bridgehead atoms. The molecule has 0 amide bonds. The molecule has 1 fully saturated rings. The fourth-order valence-corrected chi connectivity index (χ4v) is 2.77. The summed E-state index contributed by atoms with van der Waals surface area (Å²) in [6.45, 7) is 6.41. The van der Waals surface area contributed by atoms with Crippen LogP contribution in [0.15, 0.2) is 29.3 Å². The second-order valence-corrected chi connectivity index (χ2v) is 6.68. The first-order valence-electron chi connectivity index (χ1n) is 7.63.